The highest BCUT2D eigenvalue weighted by Gasteiger charge is 2.31. The monoisotopic (exact) mass is 552 g/mol. The minimum atomic E-state index is -0.892. The summed E-state index contributed by atoms with van der Waals surface area (Å²) in [6.45, 7) is 4.38. The molecule has 0 spiro atoms. The van der Waals surface area contributed by atoms with Gasteiger partial charge in [0.15, 0.2) is 12.1 Å². The number of allylic oxidation sites excluding steroid dienone is 6. The summed E-state index contributed by atoms with van der Waals surface area (Å²) in [6, 6.07) is -0.623. The molecule has 2 atom stereocenters. The van der Waals surface area contributed by atoms with Gasteiger partial charge in [-0.15, -0.1) is 0 Å². The highest BCUT2D eigenvalue weighted by atomic mass is 16.6. The third-order valence-electron chi connectivity index (χ3n) is 6.05. The summed E-state index contributed by atoms with van der Waals surface area (Å²) in [5, 5.41) is 9.49. The van der Waals surface area contributed by atoms with Crippen LogP contribution in [0.2, 0.25) is 0 Å². The number of unbranched alkanes of at least 4 members (excludes halogenated alkanes) is 4. The third kappa shape index (κ3) is 22.1. The first-order valence-corrected chi connectivity index (χ1v) is 14.5. The Morgan fingerprint density at radius 1 is 0.795 bits per heavy atom. The molecule has 0 saturated heterocycles. The van der Waals surface area contributed by atoms with Crippen molar-refractivity contribution in [1.82, 2.24) is 0 Å². The van der Waals surface area contributed by atoms with Crippen molar-refractivity contribution in [1.29, 1.82) is 0 Å². The first-order chi connectivity index (χ1) is 18.6. The van der Waals surface area contributed by atoms with Gasteiger partial charge >= 0.3 is 17.9 Å². The fourth-order valence-corrected chi connectivity index (χ4v) is 3.75. The number of ether oxygens (including phenoxy) is 3. The zero-order valence-electron chi connectivity index (χ0n) is 25.1. The van der Waals surface area contributed by atoms with E-state index in [1.165, 1.54) is 19.3 Å². The molecule has 8 nitrogen and oxygen atoms in total. The number of hydrogen-bond donors (Lipinski definition) is 1. The predicted octanol–water partition coefficient (Wildman–Crippen LogP) is 6.01. The van der Waals surface area contributed by atoms with Gasteiger partial charge in [-0.1, -0.05) is 69.6 Å². The Balaban J connectivity index is 4.68. The Morgan fingerprint density at radius 2 is 1.44 bits per heavy atom. The van der Waals surface area contributed by atoms with Gasteiger partial charge in [0.2, 0.25) is 0 Å². The molecule has 0 rings (SSSR count). The van der Waals surface area contributed by atoms with Crippen LogP contribution in [0.5, 0.6) is 0 Å². The van der Waals surface area contributed by atoms with Crippen molar-refractivity contribution in [3.63, 3.8) is 0 Å². The number of carboxylic acids is 1. The molecule has 1 N–H and O–H groups in total. The largest absolute Gasteiger partial charge is 0.477 e. The van der Waals surface area contributed by atoms with Crippen LogP contribution in [0.25, 0.3) is 0 Å². The first kappa shape index (κ1) is 36.5. The third-order valence-corrected chi connectivity index (χ3v) is 6.05. The van der Waals surface area contributed by atoms with Gasteiger partial charge in [-0.3, -0.25) is 9.59 Å². The molecule has 0 radical (unpaired) electrons. The molecule has 0 aliphatic heterocycles. The van der Waals surface area contributed by atoms with Gasteiger partial charge < -0.3 is 23.8 Å². The van der Waals surface area contributed by atoms with Crippen LogP contribution in [0, 0.1) is 0 Å². The number of rotatable bonds is 24. The van der Waals surface area contributed by atoms with Crippen LogP contribution in [-0.4, -0.2) is 80.6 Å². The van der Waals surface area contributed by atoms with E-state index in [1.54, 1.807) is 0 Å². The van der Waals surface area contributed by atoms with Gasteiger partial charge in [-0.2, -0.15) is 0 Å². The molecular formula is C31H54NO7+. The maximum Gasteiger partial charge on any atom is 0.362 e. The van der Waals surface area contributed by atoms with Gasteiger partial charge in [0.05, 0.1) is 34.4 Å². The lowest BCUT2D eigenvalue weighted by atomic mass is 10.1. The Labute approximate surface area is 236 Å². The Morgan fingerprint density at radius 3 is 2.08 bits per heavy atom. The Bertz CT molecular complexity index is 753. The number of quaternary nitrogens is 1. The van der Waals surface area contributed by atoms with Gasteiger partial charge in [0.25, 0.3) is 0 Å². The van der Waals surface area contributed by atoms with Crippen molar-refractivity contribution in [3.05, 3.63) is 36.5 Å². The minimum absolute atomic E-state index is 0.0256. The maximum atomic E-state index is 12.4. The van der Waals surface area contributed by atoms with Crippen LogP contribution in [0.4, 0.5) is 0 Å². The fraction of sp³-hybridized carbons (Fsp3) is 0.710. The summed E-state index contributed by atoms with van der Waals surface area (Å²) in [6.07, 6.45) is 21.1. The normalized spacial score (nSPS) is 13.8. The smallest absolute Gasteiger partial charge is 0.362 e. The zero-order chi connectivity index (χ0) is 29.4. The molecular weight excluding hydrogens is 498 g/mol. The molecule has 0 aromatic heterocycles. The highest BCUT2D eigenvalue weighted by molar-refractivity contribution is 5.72. The molecule has 0 aliphatic carbocycles. The van der Waals surface area contributed by atoms with E-state index in [0.29, 0.717) is 19.3 Å². The molecule has 224 valence electrons. The van der Waals surface area contributed by atoms with Crippen molar-refractivity contribution in [2.24, 2.45) is 0 Å². The van der Waals surface area contributed by atoms with Crippen LogP contribution in [0.1, 0.15) is 90.9 Å². The summed E-state index contributed by atoms with van der Waals surface area (Å²) >= 11 is 0. The summed E-state index contributed by atoms with van der Waals surface area (Å²) < 4.78 is 16.8. The summed E-state index contributed by atoms with van der Waals surface area (Å²) in [7, 11) is 5.46. The van der Waals surface area contributed by atoms with Crippen molar-refractivity contribution < 1.29 is 38.2 Å². The van der Waals surface area contributed by atoms with E-state index in [0.717, 1.165) is 25.7 Å². The molecule has 0 aromatic carbocycles. The topological polar surface area (TPSA) is 99.1 Å². The molecule has 0 aromatic rings. The number of carbonyl (C=O) groups excluding carboxylic acids is 2. The zero-order valence-corrected chi connectivity index (χ0v) is 25.1. The lowest BCUT2D eigenvalue weighted by Gasteiger charge is -2.31. The fourth-order valence-electron chi connectivity index (χ4n) is 3.75. The lowest BCUT2D eigenvalue weighted by Crippen LogP contribution is -2.50. The van der Waals surface area contributed by atoms with E-state index in [9.17, 15) is 19.5 Å². The SMILES string of the molecule is CC/C=C/C/C=C/CCC(=O)OC(COCCC(C(=O)O)[N+](C)(C)C)COC(=O)CC/C=C/CCCCCC. The lowest BCUT2D eigenvalue weighted by molar-refractivity contribution is -0.887. The summed E-state index contributed by atoms with van der Waals surface area (Å²) in [5.74, 6) is -1.64. The van der Waals surface area contributed by atoms with E-state index in [-0.39, 0.29) is 43.1 Å². The molecule has 0 bridgehead atoms. The number of nitrogens with zero attached hydrogens (tertiary/aromatic N) is 1. The van der Waals surface area contributed by atoms with Crippen molar-refractivity contribution >= 4 is 17.9 Å². The molecule has 39 heavy (non-hydrogen) atoms. The van der Waals surface area contributed by atoms with Crippen LogP contribution in [-0.2, 0) is 28.6 Å². The van der Waals surface area contributed by atoms with Gasteiger partial charge in [0.1, 0.15) is 6.61 Å². The van der Waals surface area contributed by atoms with Gasteiger partial charge in [-0.05, 0) is 38.5 Å². The maximum absolute atomic E-state index is 12.4. The molecule has 0 heterocycles. The number of carbonyl (C=O) groups is 3. The quantitative estimate of drug-likeness (QED) is 0.0678. The van der Waals surface area contributed by atoms with Crippen LogP contribution >= 0.6 is 0 Å². The standard InChI is InChI=1S/C31H53NO7/c1-6-8-10-12-14-16-17-19-21-29(33)38-26-27(25-37-24-23-28(31(35)36)32(3,4)5)39-30(34)22-20-18-15-13-11-9-7-2/h9,11,15-18,27-28H,6-8,10,12-14,19-26H2,1-5H3/p+1/b11-9+,17-16+,18-15+. The number of hydrogen-bond acceptors (Lipinski definition) is 6. The molecule has 0 amide bonds. The highest BCUT2D eigenvalue weighted by Crippen LogP contribution is 2.10. The van der Waals surface area contributed by atoms with E-state index < -0.39 is 24.1 Å². The molecule has 0 fully saturated rings. The number of esters is 2. The second-order valence-corrected chi connectivity index (χ2v) is 10.6. The second-order valence-electron chi connectivity index (χ2n) is 10.6. The predicted molar refractivity (Wildman–Crippen MR) is 155 cm³/mol. The summed E-state index contributed by atoms with van der Waals surface area (Å²) in [4.78, 5) is 36.2. The van der Waals surface area contributed by atoms with Crippen LogP contribution in [0.3, 0.4) is 0 Å². The van der Waals surface area contributed by atoms with Gasteiger partial charge in [0, 0.05) is 19.3 Å². The molecule has 2 unspecified atom stereocenters. The average molecular weight is 553 g/mol. The van der Waals surface area contributed by atoms with E-state index in [4.69, 9.17) is 14.2 Å². The van der Waals surface area contributed by atoms with Gasteiger partial charge in [-0.25, -0.2) is 4.79 Å². The molecule has 8 heteroatoms. The molecule has 0 saturated carbocycles. The van der Waals surface area contributed by atoms with Crippen molar-refractivity contribution in [2.45, 2.75) is 103 Å². The van der Waals surface area contributed by atoms with E-state index in [1.807, 2.05) is 39.4 Å². The number of carboxylic acid groups (broad SMARTS) is 1. The Hall–Kier alpha value is -2.45. The Kier molecular flexibility index (Phi) is 22.0. The van der Waals surface area contributed by atoms with E-state index >= 15 is 0 Å². The average Bonchev–Trinajstić information content (AvgIpc) is 2.86. The second kappa shape index (κ2) is 23.4. The first-order valence-electron chi connectivity index (χ1n) is 14.5. The number of likely N-dealkylation sites (N-methyl/N-ethyl adjacent to an activating group) is 1. The van der Waals surface area contributed by atoms with E-state index in [2.05, 4.69) is 32.1 Å². The molecule has 0 aliphatic rings. The van der Waals surface area contributed by atoms with Crippen LogP contribution < -0.4 is 0 Å². The van der Waals surface area contributed by atoms with Crippen molar-refractivity contribution in [2.75, 3.05) is 41.0 Å². The van der Waals surface area contributed by atoms with Crippen molar-refractivity contribution in [3.8, 4) is 0 Å². The summed E-state index contributed by atoms with van der Waals surface area (Å²) in [5.41, 5.74) is 0. The van der Waals surface area contributed by atoms with Crippen LogP contribution in [0.15, 0.2) is 36.5 Å². The number of aliphatic carboxylic acids is 1. The minimum Gasteiger partial charge on any atom is -0.477 e.